The van der Waals surface area contributed by atoms with E-state index < -0.39 is 22.5 Å². The number of amides is 2. The summed E-state index contributed by atoms with van der Waals surface area (Å²) < 4.78 is 26.6. The maximum Gasteiger partial charge on any atom is 0.253 e. The standard InChI is InChI=1S/C25H27N3O4S2/c1-18(19-9-5-4-6-10-19)26-25(30)22-11-7-8-12-23(22)27-24(29)17-28(2)34(31,32)21-15-13-20(33-3)14-16-21/h4-16,18H,17H2,1-3H3,(H,26,30)(H,27,29). The molecule has 9 heteroatoms. The molecule has 34 heavy (non-hydrogen) atoms. The van der Waals surface area contributed by atoms with Crippen molar-refractivity contribution < 1.29 is 18.0 Å². The predicted octanol–water partition coefficient (Wildman–Crippen LogP) is 4.16. The molecule has 0 spiro atoms. The van der Waals surface area contributed by atoms with Crippen LogP contribution in [0.3, 0.4) is 0 Å². The Morgan fingerprint density at radius 3 is 2.21 bits per heavy atom. The van der Waals surface area contributed by atoms with Gasteiger partial charge in [-0.1, -0.05) is 42.5 Å². The molecule has 2 amide bonds. The molecule has 1 atom stereocenters. The highest BCUT2D eigenvalue weighted by Crippen LogP contribution is 2.21. The Labute approximate surface area is 204 Å². The van der Waals surface area contributed by atoms with Crippen molar-refractivity contribution in [1.82, 2.24) is 9.62 Å². The van der Waals surface area contributed by atoms with E-state index >= 15 is 0 Å². The van der Waals surface area contributed by atoms with Crippen LogP contribution in [0.25, 0.3) is 0 Å². The second-order valence-corrected chi connectivity index (χ2v) is 10.6. The van der Waals surface area contributed by atoms with Gasteiger partial charge in [-0.25, -0.2) is 8.42 Å². The van der Waals surface area contributed by atoms with Gasteiger partial charge in [0.2, 0.25) is 15.9 Å². The predicted molar refractivity (Wildman–Crippen MR) is 135 cm³/mol. The fourth-order valence-electron chi connectivity index (χ4n) is 3.29. The fraction of sp³-hybridized carbons (Fsp3) is 0.200. The van der Waals surface area contributed by atoms with E-state index in [1.54, 1.807) is 36.4 Å². The van der Waals surface area contributed by atoms with Crippen LogP contribution in [0.4, 0.5) is 5.69 Å². The molecule has 178 valence electrons. The second-order valence-electron chi connectivity index (χ2n) is 7.64. The lowest BCUT2D eigenvalue weighted by atomic mass is 10.1. The number of rotatable bonds is 9. The Bertz CT molecular complexity index is 1250. The van der Waals surface area contributed by atoms with E-state index in [1.807, 2.05) is 43.5 Å². The molecule has 0 aromatic heterocycles. The summed E-state index contributed by atoms with van der Waals surface area (Å²) in [6.07, 6.45) is 1.90. The van der Waals surface area contributed by atoms with Crippen molar-refractivity contribution in [3.63, 3.8) is 0 Å². The molecule has 0 aliphatic heterocycles. The monoisotopic (exact) mass is 497 g/mol. The molecular weight excluding hydrogens is 470 g/mol. The number of carbonyl (C=O) groups excluding carboxylic acids is 2. The van der Waals surface area contributed by atoms with Crippen molar-refractivity contribution in [3.8, 4) is 0 Å². The number of benzene rings is 3. The molecule has 0 aliphatic carbocycles. The molecule has 0 aliphatic rings. The van der Waals surface area contributed by atoms with Crippen LogP contribution in [0.2, 0.25) is 0 Å². The number of nitrogens with one attached hydrogen (secondary N) is 2. The third kappa shape index (κ3) is 6.25. The number of sulfonamides is 1. The van der Waals surface area contributed by atoms with Gasteiger partial charge >= 0.3 is 0 Å². The summed E-state index contributed by atoms with van der Waals surface area (Å²) >= 11 is 1.51. The third-order valence-electron chi connectivity index (χ3n) is 5.23. The van der Waals surface area contributed by atoms with E-state index in [9.17, 15) is 18.0 Å². The summed E-state index contributed by atoms with van der Waals surface area (Å²) in [5, 5.41) is 5.59. The molecule has 0 saturated carbocycles. The molecule has 0 heterocycles. The van der Waals surface area contributed by atoms with Crippen LogP contribution < -0.4 is 10.6 Å². The van der Waals surface area contributed by atoms with Crippen molar-refractivity contribution in [2.24, 2.45) is 0 Å². The zero-order valence-electron chi connectivity index (χ0n) is 19.2. The first-order valence-electron chi connectivity index (χ1n) is 10.6. The largest absolute Gasteiger partial charge is 0.345 e. The van der Waals surface area contributed by atoms with Crippen LogP contribution in [-0.4, -0.2) is 44.4 Å². The number of nitrogens with zero attached hydrogens (tertiary/aromatic N) is 1. The van der Waals surface area contributed by atoms with Crippen molar-refractivity contribution in [1.29, 1.82) is 0 Å². The minimum Gasteiger partial charge on any atom is -0.345 e. The molecule has 1 unspecified atom stereocenters. The van der Waals surface area contributed by atoms with Gasteiger partial charge in [0.25, 0.3) is 5.91 Å². The first-order chi connectivity index (χ1) is 16.2. The van der Waals surface area contributed by atoms with Gasteiger partial charge in [-0.2, -0.15) is 4.31 Å². The number of anilines is 1. The Morgan fingerprint density at radius 2 is 1.56 bits per heavy atom. The van der Waals surface area contributed by atoms with E-state index in [0.717, 1.165) is 14.8 Å². The van der Waals surface area contributed by atoms with E-state index in [4.69, 9.17) is 0 Å². The lowest BCUT2D eigenvalue weighted by Crippen LogP contribution is -2.35. The van der Waals surface area contributed by atoms with Gasteiger partial charge in [0.1, 0.15) is 0 Å². The number of likely N-dealkylation sites (N-methyl/N-ethyl adjacent to an activating group) is 1. The van der Waals surface area contributed by atoms with Crippen LogP contribution in [-0.2, 0) is 14.8 Å². The van der Waals surface area contributed by atoms with Crippen LogP contribution in [0, 0.1) is 0 Å². The van der Waals surface area contributed by atoms with Crippen molar-refractivity contribution in [2.75, 3.05) is 25.2 Å². The summed E-state index contributed by atoms with van der Waals surface area (Å²) in [6.45, 7) is 1.48. The molecule has 7 nitrogen and oxygen atoms in total. The highest BCUT2D eigenvalue weighted by atomic mass is 32.2. The minimum absolute atomic E-state index is 0.107. The number of thioether (sulfide) groups is 1. The van der Waals surface area contributed by atoms with Crippen LogP contribution in [0.1, 0.15) is 28.9 Å². The van der Waals surface area contributed by atoms with E-state index in [2.05, 4.69) is 10.6 Å². The Kier molecular flexibility index (Phi) is 8.49. The van der Waals surface area contributed by atoms with Gasteiger partial charge in [-0.05, 0) is 55.1 Å². The maximum absolute atomic E-state index is 12.9. The van der Waals surface area contributed by atoms with Gasteiger partial charge in [-0.3, -0.25) is 9.59 Å². The number of carbonyl (C=O) groups is 2. The van der Waals surface area contributed by atoms with Crippen molar-refractivity contribution in [2.45, 2.75) is 22.8 Å². The first-order valence-corrected chi connectivity index (χ1v) is 13.2. The zero-order valence-corrected chi connectivity index (χ0v) is 20.8. The Morgan fingerprint density at radius 1 is 0.941 bits per heavy atom. The van der Waals surface area contributed by atoms with Gasteiger partial charge in [0.05, 0.1) is 28.7 Å². The summed E-state index contributed by atoms with van der Waals surface area (Å²) in [5.41, 5.74) is 1.55. The van der Waals surface area contributed by atoms with Crippen LogP contribution in [0.15, 0.2) is 88.7 Å². The lowest BCUT2D eigenvalue weighted by Gasteiger charge is -2.19. The van der Waals surface area contributed by atoms with Crippen molar-refractivity contribution in [3.05, 3.63) is 90.0 Å². The molecule has 3 rings (SSSR count). The van der Waals surface area contributed by atoms with Crippen LogP contribution in [0.5, 0.6) is 0 Å². The SMILES string of the molecule is CSc1ccc(S(=O)(=O)N(C)CC(=O)Nc2ccccc2C(=O)NC(C)c2ccccc2)cc1. The molecule has 0 radical (unpaired) electrons. The number of para-hydroxylation sites is 1. The fourth-order valence-corrected chi connectivity index (χ4v) is 4.83. The van der Waals surface area contributed by atoms with Crippen LogP contribution >= 0.6 is 11.8 Å². The number of hydrogen-bond donors (Lipinski definition) is 2. The Balaban J connectivity index is 1.68. The minimum atomic E-state index is -3.84. The van der Waals surface area contributed by atoms with Crippen molar-refractivity contribution >= 4 is 39.3 Å². The summed E-state index contributed by atoms with van der Waals surface area (Å²) in [4.78, 5) is 26.6. The van der Waals surface area contributed by atoms with E-state index in [0.29, 0.717) is 5.69 Å². The highest BCUT2D eigenvalue weighted by molar-refractivity contribution is 7.98. The highest BCUT2D eigenvalue weighted by Gasteiger charge is 2.24. The Hall–Kier alpha value is -3.14. The zero-order chi connectivity index (χ0) is 24.7. The molecule has 0 fully saturated rings. The second kappa shape index (κ2) is 11.3. The smallest absolute Gasteiger partial charge is 0.253 e. The topological polar surface area (TPSA) is 95.6 Å². The summed E-state index contributed by atoms with van der Waals surface area (Å²) in [5.74, 6) is -0.898. The lowest BCUT2D eigenvalue weighted by molar-refractivity contribution is -0.116. The van der Waals surface area contributed by atoms with E-state index in [-0.39, 0.29) is 22.4 Å². The van der Waals surface area contributed by atoms with Gasteiger partial charge in [0, 0.05) is 11.9 Å². The van der Waals surface area contributed by atoms with Gasteiger partial charge < -0.3 is 10.6 Å². The molecule has 0 saturated heterocycles. The normalized spacial score (nSPS) is 12.2. The summed E-state index contributed by atoms with van der Waals surface area (Å²) in [6, 6.07) is 22.4. The average molecular weight is 498 g/mol. The van der Waals surface area contributed by atoms with E-state index in [1.165, 1.54) is 30.9 Å². The molecular formula is C25H27N3O4S2. The van der Waals surface area contributed by atoms with Gasteiger partial charge in [0.15, 0.2) is 0 Å². The third-order valence-corrected chi connectivity index (χ3v) is 7.79. The first kappa shape index (κ1) is 25.5. The summed E-state index contributed by atoms with van der Waals surface area (Å²) in [7, 11) is -2.50. The molecule has 2 N–H and O–H groups in total. The van der Waals surface area contributed by atoms with Gasteiger partial charge in [-0.15, -0.1) is 11.8 Å². The average Bonchev–Trinajstić information content (AvgIpc) is 2.84. The number of hydrogen-bond acceptors (Lipinski definition) is 5. The molecule has 0 bridgehead atoms. The molecule has 3 aromatic rings. The maximum atomic E-state index is 12.9. The molecule has 3 aromatic carbocycles. The quantitative estimate of drug-likeness (QED) is 0.433.